The molecule has 0 fully saturated rings. The molecule has 0 unspecified atom stereocenters. The van der Waals surface area contributed by atoms with Gasteiger partial charge in [-0.25, -0.2) is 4.98 Å². The van der Waals surface area contributed by atoms with Crippen molar-refractivity contribution in [1.29, 1.82) is 0 Å². The van der Waals surface area contributed by atoms with Crippen molar-refractivity contribution in [3.05, 3.63) is 89.7 Å². The highest BCUT2D eigenvalue weighted by molar-refractivity contribution is 5.96. The minimum absolute atomic E-state index is 0.144. The number of para-hydroxylation sites is 3. The Bertz CT molecular complexity index is 1250. The zero-order valence-electron chi connectivity index (χ0n) is 20.5. The van der Waals surface area contributed by atoms with Gasteiger partial charge in [0.15, 0.2) is 0 Å². The molecule has 1 aromatic heterocycles. The molecule has 1 N–H and O–H groups in total. The Morgan fingerprint density at radius 2 is 1.74 bits per heavy atom. The van der Waals surface area contributed by atoms with Gasteiger partial charge in [-0.05, 0) is 61.2 Å². The van der Waals surface area contributed by atoms with Crippen LogP contribution in [0.5, 0.6) is 11.5 Å². The van der Waals surface area contributed by atoms with Crippen LogP contribution in [0, 0.1) is 0 Å². The van der Waals surface area contributed by atoms with E-state index in [0.29, 0.717) is 30.9 Å². The number of benzene rings is 3. The van der Waals surface area contributed by atoms with Crippen molar-refractivity contribution < 1.29 is 14.3 Å². The van der Waals surface area contributed by atoms with Crippen molar-refractivity contribution in [2.75, 3.05) is 20.3 Å². The van der Waals surface area contributed by atoms with Gasteiger partial charge in [0.25, 0.3) is 5.91 Å². The average molecular weight is 472 g/mol. The third-order valence-electron chi connectivity index (χ3n) is 6.10. The SMILES string of the molecule is CCc1ccc(OCCCCn2c(CCNC(=O)c3ccccc3OC)nc3ccccc32)cc1. The quantitative estimate of drug-likeness (QED) is 0.280. The van der Waals surface area contributed by atoms with Gasteiger partial charge in [0.2, 0.25) is 0 Å². The fourth-order valence-electron chi connectivity index (χ4n) is 4.16. The molecule has 1 amide bonds. The first-order chi connectivity index (χ1) is 17.2. The number of carbonyl (C=O) groups is 1. The molecular weight excluding hydrogens is 438 g/mol. The number of aromatic nitrogens is 2. The first kappa shape index (κ1) is 24.3. The summed E-state index contributed by atoms with van der Waals surface area (Å²) in [4.78, 5) is 17.5. The third kappa shape index (κ3) is 6.21. The molecular formula is C29H33N3O3. The first-order valence-corrected chi connectivity index (χ1v) is 12.3. The molecule has 6 nitrogen and oxygen atoms in total. The summed E-state index contributed by atoms with van der Waals surface area (Å²) in [6.45, 7) is 4.19. The number of fused-ring (bicyclic) bond motifs is 1. The van der Waals surface area contributed by atoms with Crippen molar-refractivity contribution in [3.8, 4) is 11.5 Å². The molecule has 4 rings (SSSR count). The van der Waals surface area contributed by atoms with E-state index in [-0.39, 0.29) is 5.91 Å². The molecule has 0 radical (unpaired) electrons. The smallest absolute Gasteiger partial charge is 0.255 e. The molecule has 0 saturated carbocycles. The van der Waals surface area contributed by atoms with E-state index < -0.39 is 0 Å². The van der Waals surface area contributed by atoms with Gasteiger partial charge in [0.1, 0.15) is 17.3 Å². The highest BCUT2D eigenvalue weighted by Gasteiger charge is 2.13. The maximum absolute atomic E-state index is 12.6. The first-order valence-electron chi connectivity index (χ1n) is 12.3. The van der Waals surface area contributed by atoms with Crippen molar-refractivity contribution in [1.82, 2.24) is 14.9 Å². The number of hydrogen-bond acceptors (Lipinski definition) is 4. The Morgan fingerprint density at radius 1 is 0.971 bits per heavy atom. The molecule has 6 heteroatoms. The monoisotopic (exact) mass is 471 g/mol. The Kier molecular flexibility index (Phi) is 8.39. The second-order valence-electron chi connectivity index (χ2n) is 8.43. The number of aryl methyl sites for hydroxylation is 2. The minimum Gasteiger partial charge on any atom is -0.496 e. The number of methoxy groups -OCH3 is 1. The van der Waals surface area contributed by atoms with Gasteiger partial charge in [-0.2, -0.15) is 0 Å². The van der Waals surface area contributed by atoms with Crippen molar-refractivity contribution in [2.45, 2.75) is 39.2 Å². The summed E-state index contributed by atoms with van der Waals surface area (Å²) in [5.41, 5.74) is 3.95. The van der Waals surface area contributed by atoms with Gasteiger partial charge in [-0.1, -0.05) is 43.3 Å². The van der Waals surface area contributed by atoms with Crippen LogP contribution in [0.3, 0.4) is 0 Å². The summed E-state index contributed by atoms with van der Waals surface area (Å²) in [5.74, 6) is 2.32. The van der Waals surface area contributed by atoms with Crippen molar-refractivity contribution >= 4 is 16.9 Å². The molecule has 4 aromatic rings. The lowest BCUT2D eigenvalue weighted by Crippen LogP contribution is -2.27. The third-order valence-corrected chi connectivity index (χ3v) is 6.10. The van der Waals surface area contributed by atoms with Crippen LogP contribution in [0.25, 0.3) is 11.0 Å². The zero-order valence-corrected chi connectivity index (χ0v) is 20.5. The lowest BCUT2D eigenvalue weighted by Gasteiger charge is -2.12. The van der Waals surface area contributed by atoms with E-state index >= 15 is 0 Å². The van der Waals surface area contributed by atoms with Gasteiger partial charge in [0.05, 0.1) is 30.3 Å². The summed E-state index contributed by atoms with van der Waals surface area (Å²) < 4.78 is 13.5. The normalized spacial score (nSPS) is 10.9. The number of imidazole rings is 1. The maximum Gasteiger partial charge on any atom is 0.255 e. The van der Waals surface area contributed by atoms with Crippen LogP contribution in [0.1, 0.15) is 41.5 Å². The Hall–Kier alpha value is -3.80. The number of ether oxygens (including phenoxy) is 2. The second kappa shape index (κ2) is 12.1. The van der Waals surface area contributed by atoms with E-state index in [0.717, 1.165) is 48.4 Å². The second-order valence-corrected chi connectivity index (χ2v) is 8.43. The molecule has 0 bridgehead atoms. The topological polar surface area (TPSA) is 65.4 Å². The average Bonchev–Trinajstić information content (AvgIpc) is 3.26. The van der Waals surface area contributed by atoms with Crippen LogP contribution in [-0.2, 0) is 19.4 Å². The van der Waals surface area contributed by atoms with E-state index in [2.05, 4.69) is 35.0 Å². The van der Waals surface area contributed by atoms with Crippen molar-refractivity contribution in [2.24, 2.45) is 0 Å². The number of carbonyl (C=O) groups excluding carboxylic acids is 1. The van der Waals surface area contributed by atoms with Crippen LogP contribution in [0.4, 0.5) is 0 Å². The number of rotatable bonds is 12. The molecule has 0 spiro atoms. The van der Waals surface area contributed by atoms with E-state index in [4.69, 9.17) is 14.5 Å². The van der Waals surface area contributed by atoms with Crippen LogP contribution >= 0.6 is 0 Å². The molecule has 35 heavy (non-hydrogen) atoms. The molecule has 0 aliphatic rings. The highest BCUT2D eigenvalue weighted by atomic mass is 16.5. The lowest BCUT2D eigenvalue weighted by molar-refractivity contribution is 0.0951. The molecule has 0 aliphatic carbocycles. The summed E-state index contributed by atoms with van der Waals surface area (Å²) in [5, 5.41) is 3.00. The predicted octanol–water partition coefficient (Wildman–Crippen LogP) is 5.44. The summed E-state index contributed by atoms with van der Waals surface area (Å²) >= 11 is 0. The van der Waals surface area contributed by atoms with Gasteiger partial charge >= 0.3 is 0 Å². The van der Waals surface area contributed by atoms with Crippen LogP contribution < -0.4 is 14.8 Å². The molecule has 0 atom stereocenters. The summed E-state index contributed by atoms with van der Waals surface area (Å²) in [6.07, 6.45) is 3.61. The van der Waals surface area contributed by atoms with E-state index in [1.807, 2.05) is 42.5 Å². The molecule has 1 heterocycles. The summed E-state index contributed by atoms with van der Waals surface area (Å²) in [7, 11) is 1.57. The maximum atomic E-state index is 12.6. The van der Waals surface area contributed by atoms with Crippen molar-refractivity contribution in [3.63, 3.8) is 0 Å². The Labute approximate surface area is 206 Å². The van der Waals surface area contributed by atoms with Gasteiger partial charge < -0.3 is 19.4 Å². The largest absolute Gasteiger partial charge is 0.496 e. The van der Waals surface area contributed by atoms with E-state index in [1.165, 1.54) is 5.56 Å². The zero-order chi connectivity index (χ0) is 24.5. The fourth-order valence-corrected chi connectivity index (χ4v) is 4.16. The van der Waals surface area contributed by atoms with Crippen LogP contribution in [0.15, 0.2) is 72.8 Å². The molecule has 182 valence electrons. The highest BCUT2D eigenvalue weighted by Crippen LogP contribution is 2.19. The fraction of sp³-hybridized carbons (Fsp3) is 0.310. The van der Waals surface area contributed by atoms with Gasteiger partial charge in [-0.15, -0.1) is 0 Å². The van der Waals surface area contributed by atoms with Crippen LogP contribution in [0.2, 0.25) is 0 Å². The van der Waals surface area contributed by atoms with E-state index in [1.54, 1.807) is 19.2 Å². The van der Waals surface area contributed by atoms with Crippen LogP contribution in [-0.4, -0.2) is 35.7 Å². The number of amides is 1. The number of nitrogens with one attached hydrogen (secondary N) is 1. The minimum atomic E-state index is -0.144. The van der Waals surface area contributed by atoms with Gasteiger partial charge in [0, 0.05) is 19.5 Å². The summed E-state index contributed by atoms with van der Waals surface area (Å²) in [6, 6.07) is 23.7. The van der Waals surface area contributed by atoms with E-state index in [9.17, 15) is 4.79 Å². The molecule has 3 aromatic carbocycles. The lowest BCUT2D eigenvalue weighted by atomic mass is 10.2. The molecule has 0 saturated heterocycles. The Balaban J connectivity index is 1.33. The number of unbranched alkanes of at least 4 members (excludes halogenated alkanes) is 1. The number of hydrogen-bond donors (Lipinski definition) is 1. The van der Waals surface area contributed by atoms with Gasteiger partial charge in [-0.3, -0.25) is 4.79 Å². The molecule has 0 aliphatic heterocycles. The number of nitrogens with zero attached hydrogens (tertiary/aromatic N) is 2. The Morgan fingerprint density at radius 3 is 2.54 bits per heavy atom. The predicted molar refractivity (Wildman–Crippen MR) is 139 cm³/mol. The standard InChI is InChI=1S/C29H33N3O3/c1-3-22-14-16-23(17-15-22)35-21-9-8-20-32-26-12-6-5-11-25(26)31-28(32)18-19-30-29(33)24-10-4-7-13-27(24)34-2/h4-7,10-17H,3,8-9,18-21H2,1-2H3,(H,30,33).